The normalized spacial score (nSPS) is 14.1. The molecule has 0 radical (unpaired) electrons. The molecule has 0 saturated heterocycles. The third kappa shape index (κ3) is 2.03. The average Bonchev–Trinajstić information content (AvgIpc) is 3.30. The summed E-state index contributed by atoms with van der Waals surface area (Å²) in [6.07, 6.45) is 0. The smallest absolute Gasteiger partial charge is 0.158 e. The van der Waals surface area contributed by atoms with Gasteiger partial charge in [0.05, 0.1) is 16.3 Å². The van der Waals surface area contributed by atoms with Crippen molar-refractivity contribution in [2.24, 2.45) is 0 Å². The zero-order valence-electron chi connectivity index (χ0n) is 13.4. The maximum atomic E-state index is 11.8. The molecule has 1 aliphatic carbocycles. The van der Waals surface area contributed by atoms with Gasteiger partial charge in [0.1, 0.15) is 0 Å². The van der Waals surface area contributed by atoms with Gasteiger partial charge in [0, 0.05) is 11.1 Å². The molecule has 0 fully saturated rings. The summed E-state index contributed by atoms with van der Waals surface area (Å²) >= 11 is 1.65. The molecule has 0 saturated carbocycles. The first-order valence-electron chi connectivity index (χ1n) is 8.21. The zero-order chi connectivity index (χ0) is 16.9. The van der Waals surface area contributed by atoms with Crippen molar-refractivity contribution < 1.29 is 5.11 Å². The van der Waals surface area contributed by atoms with Gasteiger partial charge in [-0.3, -0.25) is 0 Å². The number of thiophene rings is 1. The van der Waals surface area contributed by atoms with Crippen molar-refractivity contribution in [3.8, 4) is 21.7 Å². The van der Waals surface area contributed by atoms with E-state index in [0.29, 0.717) is 5.69 Å². The Balaban J connectivity index is 1.78. The molecule has 0 unspecified atom stereocenters. The second-order valence-corrected chi connectivity index (χ2v) is 7.13. The van der Waals surface area contributed by atoms with Crippen molar-refractivity contribution in [1.29, 1.82) is 0 Å². The van der Waals surface area contributed by atoms with Gasteiger partial charge in [-0.15, -0.1) is 11.3 Å². The first kappa shape index (κ1) is 14.6. The first-order chi connectivity index (χ1) is 12.3. The van der Waals surface area contributed by atoms with E-state index in [1.54, 1.807) is 11.3 Å². The molecule has 0 aliphatic heterocycles. The van der Waals surface area contributed by atoms with Crippen LogP contribution in [0.4, 0.5) is 0 Å². The number of aliphatic hydroxyl groups is 1. The van der Waals surface area contributed by atoms with Gasteiger partial charge in [-0.05, 0) is 34.7 Å². The maximum absolute atomic E-state index is 11.8. The van der Waals surface area contributed by atoms with Crippen LogP contribution in [-0.4, -0.2) is 10.1 Å². The highest BCUT2D eigenvalue weighted by atomic mass is 32.1. The van der Waals surface area contributed by atoms with Crippen LogP contribution < -0.4 is 0 Å². The lowest BCUT2D eigenvalue weighted by atomic mass is 9.87. The lowest BCUT2D eigenvalue weighted by Crippen LogP contribution is -2.27. The maximum Gasteiger partial charge on any atom is 0.158 e. The van der Waals surface area contributed by atoms with Gasteiger partial charge < -0.3 is 5.11 Å². The van der Waals surface area contributed by atoms with E-state index in [4.69, 9.17) is 4.98 Å². The van der Waals surface area contributed by atoms with Crippen LogP contribution in [0.3, 0.4) is 0 Å². The molecule has 0 amide bonds. The van der Waals surface area contributed by atoms with Crippen LogP contribution in [0.15, 0.2) is 84.2 Å². The molecule has 120 valence electrons. The molecular formula is C22H15NOS. The van der Waals surface area contributed by atoms with Gasteiger partial charge in [0.15, 0.2) is 5.60 Å². The van der Waals surface area contributed by atoms with Crippen molar-refractivity contribution in [3.63, 3.8) is 0 Å². The molecule has 4 aromatic rings. The summed E-state index contributed by atoms with van der Waals surface area (Å²) < 4.78 is 0. The van der Waals surface area contributed by atoms with E-state index < -0.39 is 5.60 Å². The third-order valence-corrected chi connectivity index (χ3v) is 5.71. The third-order valence-electron chi connectivity index (χ3n) is 4.82. The molecule has 2 heterocycles. The molecule has 0 bridgehead atoms. The summed E-state index contributed by atoms with van der Waals surface area (Å²) in [7, 11) is 0. The number of rotatable bonds is 2. The van der Waals surface area contributed by atoms with Crippen LogP contribution in [0, 0.1) is 0 Å². The Morgan fingerprint density at radius 1 is 0.720 bits per heavy atom. The van der Waals surface area contributed by atoms with E-state index in [-0.39, 0.29) is 0 Å². The molecule has 1 N–H and O–H groups in total. The topological polar surface area (TPSA) is 33.1 Å². The van der Waals surface area contributed by atoms with Crippen LogP contribution >= 0.6 is 11.3 Å². The summed E-state index contributed by atoms with van der Waals surface area (Å²) in [6.45, 7) is 0. The van der Waals surface area contributed by atoms with E-state index >= 15 is 0 Å². The van der Waals surface area contributed by atoms with Crippen LogP contribution in [0.1, 0.15) is 16.8 Å². The Kier molecular flexibility index (Phi) is 3.14. The van der Waals surface area contributed by atoms with E-state index in [2.05, 4.69) is 18.2 Å². The van der Waals surface area contributed by atoms with Crippen LogP contribution in [0.25, 0.3) is 21.7 Å². The highest BCUT2D eigenvalue weighted by Crippen LogP contribution is 2.50. The minimum Gasteiger partial charge on any atom is -0.374 e. The minimum atomic E-state index is -1.22. The van der Waals surface area contributed by atoms with Gasteiger partial charge in [-0.25, -0.2) is 4.98 Å². The summed E-state index contributed by atoms with van der Waals surface area (Å²) in [5.74, 6) is 0. The molecule has 0 atom stereocenters. The number of hydrogen-bond acceptors (Lipinski definition) is 3. The van der Waals surface area contributed by atoms with Crippen molar-refractivity contribution in [1.82, 2.24) is 4.98 Å². The van der Waals surface area contributed by atoms with Gasteiger partial charge in [-0.2, -0.15) is 0 Å². The summed E-state index contributed by atoms with van der Waals surface area (Å²) in [5.41, 5.74) is 4.27. The predicted molar refractivity (Wildman–Crippen MR) is 102 cm³/mol. The minimum absolute atomic E-state index is 0.663. The van der Waals surface area contributed by atoms with Gasteiger partial charge >= 0.3 is 0 Å². The molecule has 25 heavy (non-hydrogen) atoms. The highest BCUT2D eigenvalue weighted by Gasteiger charge is 2.44. The van der Waals surface area contributed by atoms with E-state index in [9.17, 15) is 5.11 Å². The summed E-state index contributed by atoms with van der Waals surface area (Å²) in [6, 6.07) is 26.0. The highest BCUT2D eigenvalue weighted by molar-refractivity contribution is 7.13. The lowest BCUT2D eigenvalue weighted by Gasteiger charge is -2.25. The molecule has 5 rings (SSSR count). The lowest BCUT2D eigenvalue weighted by molar-refractivity contribution is 0.126. The van der Waals surface area contributed by atoms with Crippen LogP contribution in [-0.2, 0) is 5.60 Å². The molecule has 2 aromatic carbocycles. The SMILES string of the molecule is OC1(c2cccc(-c3cccs3)n2)c2ccccc2-c2ccccc21. The molecular weight excluding hydrogens is 326 g/mol. The van der Waals surface area contributed by atoms with Crippen LogP contribution in [0.5, 0.6) is 0 Å². The molecule has 2 nitrogen and oxygen atoms in total. The van der Waals surface area contributed by atoms with E-state index in [1.807, 2.05) is 66.0 Å². The standard InChI is InChI=1S/C22H15NOS/c24-22(21-13-5-11-19(23-21)20-12-6-14-25-20)17-9-3-1-7-15(17)16-8-2-4-10-18(16)22/h1-14,24H. The fourth-order valence-electron chi connectivity index (χ4n) is 3.69. The fourth-order valence-corrected chi connectivity index (χ4v) is 4.38. The first-order valence-corrected chi connectivity index (χ1v) is 9.09. The van der Waals surface area contributed by atoms with Crippen molar-refractivity contribution in [2.45, 2.75) is 5.60 Å². The van der Waals surface area contributed by atoms with Gasteiger partial charge in [0.2, 0.25) is 0 Å². The number of benzene rings is 2. The number of aromatic nitrogens is 1. The fraction of sp³-hybridized carbons (Fsp3) is 0.0455. The van der Waals surface area contributed by atoms with E-state index in [1.165, 1.54) is 0 Å². The summed E-state index contributed by atoms with van der Waals surface area (Å²) in [4.78, 5) is 5.93. The summed E-state index contributed by atoms with van der Waals surface area (Å²) in [5, 5.41) is 13.9. The number of fused-ring (bicyclic) bond motifs is 3. The Morgan fingerprint density at radius 3 is 2.04 bits per heavy atom. The van der Waals surface area contributed by atoms with Gasteiger partial charge in [-0.1, -0.05) is 60.7 Å². The molecule has 3 heteroatoms. The zero-order valence-corrected chi connectivity index (χ0v) is 14.2. The second kappa shape index (κ2) is 5.38. The Bertz CT molecular complexity index is 1020. The molecule has 1 aliphatic rings. The van der Waals surface area contributed by atoms with E-state index in [0.717, 1.165) is 32.8 Å². The molecule has 2 aromatic heterocycles. The Morgan fingerprint density at radius 2 is 1.40 bits per heavy atom. The number of nitrogens with zero attached hydrogens (tertiary/aromatic N) is 1. The van der Waals surface area contributed by atoms with Gasteiger partial charge in [0.25, 0.3) is 0 Å². The number of hydrogen-bond donors (Lipinski definition) is 1. The number of pyridine rings is 1. The van der Waals surface area contributed by atoms with Crippen molar-refractivity contribution in [2.75, 3.05) is 0 Å². The average molecular weight is 341 g/mol. The molecule has 0 spiro atoms. The van der Waals surface area contributed by atoms with Crippen molar-refractivity contribution >= 4 is 11.3 Å². The Labute approximate surface area is 150 Å². The monoisotopic (exact) mass is 341 g/mol. The second-order valence-electron chi connectivity index (χ2n) is 6.19. The van der Waals surface area contributed by atoms with Crippen LogP contribution in [0.2, 0.25) is 0 Å². The van der Waals surface area contributed by atoms with Crippen molar-refractivity contribution in [3.05, 3.63) is 101 Å². The Hall–Kier alpha value is -2.75. The predicted octanol–water partition coefficient (Wildman–Crippen LogP) is 5.07. The quantitative estimate of drug-likeness (QED) is 0.552. The largest absolute Gasteiger partial charge is 0.374 e.